The zero-order valence-electron chi connectivity index (χ0n) is 21.6. The lowest BCUT2D eigenvalue weighted by Crippen LogP contribution is -2.67. The summed E-state index contributed by atoms with van der Waals surface area (Å²) in [5.41, 5.74) is -0.0486. The van der Waals surface area contributed by atoms with Gasteiger partial charge in [-0.25, -0.2) is 0 Å². The van der Waals surface area contributed by atoms with Gasteiger partial charge in [0, 0.05) is 23.8 Å². The van der Waals surface area contributed by atoms with Crippen molar-refractivity contribution in [3.8, 4) is 0 Å². The summed E-state index contributed by atoms with van der Waals surface area (Å²) in [6, 6.07) is 22.4. The lowest BCUT2D eigenvalue weighted by Gasteiger charge is -2.45. The summed E-state index contributed by atoms with van der Waals surface area (Å²) in [7, 11) is -2.64. The number of halogens is 3. The number of nitrogens with zero attached hydrogens (tertiary/aromatic N) is 2. The molecule has 36 heavy (non-hydrogen) atoms. The molecule has 1 heterocycles. The van der Waals surface area contributed by atoms with E-state index in [2.05, 4.69) is 74.4 Å². The minimum absolute atomic E-state index is 0.0973. The number of hydrogen-bond acceptors (Lipinski definition) is 2. The van der Waals surface area contributed by atoms with Crippen molar-refractivity contribution in [1.82, 2.24) is 9.78 Å². The standard InChI is InChI=1S/C29H35F3N2OSi/c1-19(2)34-25(18-26(33-34)29(30,31)32)27-23-16-20(17-24(23)27)35-36(28(3,4)5,21-12-8-6-9-13-21)22-14-10-7-11-15-22/h6-15,18-20,23-24,27H,16-17H2,1-5H3/t20?,23-,24?,27?/m1/s1. The van der Waals surface area contributed by atoms with Crippen molar-refractivity contribution in [2.24, 2.45) is 11.8 Å². The minimum Gasteiger partial charge on any atom is -0.404 e. The molecule has 2 aromatic carbocycles. The zero-order chi connectivity index (χ0) is 25.9. The van der Waals surface area contributed by atoms with Crippen LogP contribution in [-0.2, 0) is 10.6 Å². The predicted molar refractivity (Wildman–Crippen MR) is 139 cm³/mol. The van der Waals surface area contributed by atoms with Crippen molar-refractivity contribution < 1.29 is 17.6 Å². The Morgan fingerprint density at radius 3 is 1.81 bits per heavy atom. The van der Waals surface area contributed by atoms with Crippen LogP contribution in [0.15, 0.2) is 66.7 Å². The van der Waals surface area contributed by atoms with Gasteiger partial charge in [-0.2, -0.15) is 18.3 Å². The summed E-state index contributed by atoms with van der Waals surface area (Å²) >= 11 is 0. The van der Waals surface area contributed by atoms with Crippen LogP contribution in [0.3, 0.4) is 0 Å². The van der Waals surface area contributed by atoms with E-state index in [0.29, 0.717) is 11.8 Å². The molecule has 3 aromatic rings. The maximum atomic E-state index is 13.4. The largest absolute Gasteiger partial charge is 0.435 e. The van der Waals surface area contributed by atoms with Gasteiger partial charge in [0.25, 0.3) is 8.32 Å². The molecule has 0 spiro atoms. The Hall–Kier alpha value is -2.38. The lowest BCUT2D eigenvalue weighted by molar-refractivity contribution is -0.141. The SMILES string of the molecule is CC(C)n1nc(C(F)(F)F)cc1C1C2CC(O[Si](c3ccccc3)(c3ccccc3)C(C)(C)C)C[C@H]21. The van der Waals surface area contributed by atoms with E-state index in [4.69, 9.17) is 4.43 Å². The highest BCUT2D eigenvalue weighted by atomic mass is 28.4. The molecule has 0 aliphatic heterocycles. The van der Waals surface area contributed by atoms with E-state index in [-0.39, 0.29) is 23.1 Å². The van der Waals surface area contributed by atoms with Crippen LogP contribution in [0.4, 0.5) is 13.2 Å². The first-order valence-corrected chi connectivity index (χ1v) is 14.8. The average Bonchev–Trinajstić information content (AvgIpc) is 3.16. The Bertz CT molecular complexity index is 1150. The van der Waals surface area contributed by atoms with Gasteiger partial charge >= 0.3 is 6.18 Å². The molecule has 2 fully saturated rings. The molecule has 0 N–H and O–H groups in total. The summed E-state index contributed by atoms with van der Waals surface area (Å²) in [4.78, 5) is 0. The van der Waals surface area contributed by atoms with Crippen molar-refractivity contribution >= 4 is 18.7 Å². The van der Waals surface area contributed by atoms with E-state index < -0.39 is 20.2 Å². The number of alkyl halides is 3. The highest BCUT2D eigenvalue weighted by Gasteiger charge is 2.61. The van der Waals surface area contributed by atoms with Gasteiger partial charge in [-0.3, -0.25) is 4.68 Å². The minimum atomic E-state index is -4.42. The van der Waals surface area contributed by atoms with Gasteiger partial charge in [0.15, 0.2) is 5.69 Å². The summed E-state index contributed by atoms with van der Waals surface area (Å²) < 4.78 is 49.1. The molecule has 0 amide bonds. The third kappa shape index (κ3) is 4.24. The van der Waals surface area contributed by atoms with E-state index in [1.807, 2.05) is 26.0 Å². The number of fused-ring (bicyclic) bond motifs is 1. The molecule has 2 aliphatic carbocycles. The smallest absolute Gasteiger partial charge is 0.404 e. The number of benzene rings is 2. The molecule has 5 rings (SSSR count). The Morgan fingerprint density at radius 1 is 0.889 bits per heavy atom. The van der Waals surface area contributed by atoms with E-state index in [1.54, 1.807) is 4.68 Å². The fourth-order valence-corrected chi connectivity index (χ4v) is 11.2. The fourth-order valence-electron chi connectivity index (χ4n) is 6.48. The van der Waals surface area contributed by atoms with Crippen LogP contribution < -0.4 is 10.4 Å². The molecule has 1 aromatic heterocycles. The molecule has 4 atom stereocenters. The van der Waals surface area contributed by atoms with E-state index in [1.165, 1.54) is 16.4 Å². The molecule has 7 heteroatoms. The van der Waals surface area contributed by atoms with Crippen LogP contribution in [0.25, 0.3) is 0 Å². The maximum absolute atomic E-state index is 13.4. The average molecular weight is 513 g/mol. The third-order valence-electron chi connectivity index (χ3n) is 8.05. The zero-order valence-corrected chi connectivity index (χ0v) is 22.6. The fraction of sp³-hybridized carbons (Fsp3) is 0.483. The molecule has 3 unspecified atom stereocenters. The van der Waals surface area contributed by atoms with Gasteiger partial charge in [0.1, 0.15) is 0 Å². The molecule has 0 bridgehead atoms. The molecule has 0 radical (unpaired) electrons. The Labute approximate surface area is 212 Å². The van der Waals surface area contributed by atoms with Gasteiger partial charge in [0.2, 0.25) is 0 Å². The first-order valence-electron chi connectivity index (χ1n) is 12.9. The van der Waals surface area contributed by atoms with E-state index in [0.717, 1.165) is 18.5 Å². The van der Waals surface area contributed by atoms with Crippen LogP contribution in [0.1, 0.15) is 70.8 Å². The van der Waals surface area contributed by atoms with Gasteiger partial charge in [-0.15, -0.1) is 0 Å². The first-order chi connectivity index (χ1) is 16.9. The summed E-state index contributed by atoms with van der Waals surface area (Å²) in [5.74, 6) is 0.835. The second kappa shape index (κ2) is 8.87. The topological polar surface area (TPSA) is 27.1 Å². The Balaban J connectivity index is 1.43. The van der Waals surface area contributed by atoms with Crippen molar-refractivity contribution in [2.45, 2.75) is 76.7 Å². The van der Waals surface area contributed by atoms with Crippen LogP contribution in [0, 0.1) is 11.8 Å². The summed E-state index contributed by atoms with van der Waals surface area (Å²) in [6.07, 6.45) is -2.57. The van der Waals surface area contributed by atoms with Crippen LogP contribution in [0.2, 0.25) is 5.04 Å². The normalized spacial score (nSPS) is 24.2. The van der Waals surface area contributed by atoms with Crippen LogP contribution in [0.5, 0.6) is 0 Å². The third-order valence-corrected chi connectivity index (χ3v) is 13.1. The molecule has 3 nitrogen and oxygen atoms in total. The van der Waals surface area contributed by atoms with Gasteiger partial charge < -0.3 is 4.43 Å². The molecule has 2 aliphatic rings. The van der Waals surface area contributed by atoms with Gasteiger partial charge in [-0.1, -0.05) is 81.4 Å². The first kappa shape index (κ1) is 25.3. The van der Waals surface area contributed by atoms with Crippen molar-refractivity contribution in [3.63, 3.8) is 0 Å². The Morgan fingerprint density at radius 2 is 1.39 bits per heavy atom. The predicted octanol–water partition coefficient (Wildman–Crippen LogP) is 6.55. The van der Waals surface area contributed by atoms with E-state index in [9.17, 15) is 13.2 Å². The van der Waals surface area contributed by atoms with Crippen LogP contribution >= 0.6 is 0 Å². The highest BCUT2D eigenvalue weighted by Crippen LogP contribution is 2.64. The molecular formula is C29H35F3N2OSi. The second-order valence-corrected chi connectivity index (χ2v) is 16.0. The Kier molecular flexibility index (Phi) is 6.23. The van der Waals surface area contributed by atoms with E-state index >= 15 is 0 Å². The number of aromatic nitrogens is 2. The molecule has 2 saturated carbocycles. The van der Waals surface area contributed by atoms with Crippen molar-refractivity contribution in [1.29, 1.82) is 0 Å². The molecular weight excluding hydrogens is 477 g/mol. The van der Waals surface area contributed by atoms with Crippen LogP contribution in [-0.4, -0.2) is 24.2 Å². The second-order valence-electron chi connectivity index (χ2n) is 11.7. The van der Waals surface area contributed by atoms with Gasteiger partial charge in [0.05, 0.1) is 0 Å². The van der Waals surface area contributed by atoms with Crippen molar-refractivity contribution in [3.05, 3.63) is 78.1 Å². The summed E-state index contributed by atoms with van der Waals surface area (Å²) in [5, 5.41) is 6.35. The quantitative estimate of drug-likeness (QED) is 0.350. The number of rotatable bonds is 6. The summed E-state index contributed by atoms with van der Waals surface area (Å²) in [6.45, 7) is 10.6. The lowest BCUT2D eigenvalue weighted by atomic mass is 10.1. The molecule has 192 valence electrons. The van der Waals surface area contributed by atoms with Crippen molar-refractivity contribution in [2.75, 3.05) is 0 Å². The van der Waals surface area contributed by atoms with Gasteiger partial charge in [-0.05, 0) is 60.0 Å². The number of hydrogen-bond donors (Lipinski definition) is 0. The monoisotopic (exact) mass is 512 g/mol. The highest BCUT2D eigenvalue weighted by molar-refractivity contribution is 6.99. The maximum Gasteiger partial charge on any atom is 0.435 e. The molecule has 0 saturated heterocycles.